The first kappa shape index (κ1) is 22.2. The predicted molar refractivity (Wildman–Crippen MR) is 103 cm³/mol. The van der Waals surface area contributed by atoms with Gasteiger partial charge in [-0.15, -0.1) is 0 Å². The molecule has 164 valence electrons. The normalized spacial score (nSPS) is 36.2. The molecule has 29 heavy (non-hydrogen) atoms. The maximum atomic E-state index is 15.0. The molecule has 0 spiro atoms. The molecule has 6 atom stereocenters. The fourth-order valence-electron chi connectivity index (χ4n) is 4.85. The zero-order valence-electron chi connectivity index (χ0n) is 16.9. The van der Waals surface area contributed by atoms with E-state index in [1.54, 1.807) is 12.2 Å². The van der Waals surface area contributed by atoms with Crippen molar-refractivity contribution < 1.29 is 33.3 Å². The fraction of sp³-hybridized carbons (Fsp3) is 0.773. The molecule has 0 bridgehead atoms. The number of methoxy groups -OCH3 is 1. The summed E-state index contributed by atoms with van der Waals surface area (Å²) in [5.74, 6) is -1.15. The van der Waals surface area contributed by atoms with Gasteiger partial charge in [0.05, 0.1) is 13.2 Å². The number of hydrogen-bond donors (Lipinski definition) is 2. The summed E-state index contributed by atoms with van der Waals surface area (Å²) in [6, 6.07) is 0. The number of aliphatic hydroxyl groups is 2. The molecule has 3 aliphatic rings. The van der Waals surface area contributed by atoms with Crippen molar-refractivity contribution in [2.75, 3.05) is 7.11 Å². The molecule has 0 amide bonds. The van der Waals surface area contributed by atoms with E-state index in [1.807, 2.05) is 0 Å². The van der Waals surface area contributed by atoms with E-state index in [1.165, 1.54) is 13.2 Å². The van der Waals surface area contributed by atoms with Gasteiger partial charge in [-0.2, -0.15) is 0 Å². The second-order valence-corrected chi connectivity index (χ2v) is 8.52. The van der Waals surface area contributed by atoms with Crippen LogP contribution in [-0.2, 0) is 14.3 Å². The lowest BCUT2D eigenvalue weighted by molar-refractivity contribution is -0.140. The predicted octanol–water partition coefficient (Wildman–Crippen LogP) is 3.54. The minimum Gasteiger partial charge on any atom is -0.491 e. The van der Waals surface area contributed by atoms with Gasteiger partial charge in [-0.25, -0.2) is 8.78 Å². The average molecular weight is 414 g/mol. The zero-order valence-corrected chi connectivity index (χ0v) is 16.9. The third-order valence-corrected chi connectivity index (χ3v) is 6.58. The van der Waals surface area contributed by atoms with Crippen LogP contribution < -0.4 is 0 Å². The summed E-state index contributed by atoms with van der Waals surface area (Å²) in [6.07, 6.45) is 5.53. The number of halogens is 2. The molecule has 6 unspecified atom stereocenters. The van der Waals surface area contributed by atoms with Crippen molar-refractivity contribution in [3.8, 4) is 0 Å². The molecule has 0 aromatic rings. The van der Waals surface area contributed by atoms with E-state index in [2.05, 4.69) is 4.74 Å². The van der Waals surface area contributed by atoms with Gasteiger partial charge in [0, 0.05) is 24.7 Å². The molecule has 3 rings (SSSR count). The van der Waals surface area contributed by atoms with Gasteiger partial charge in [0.2, 0.25) is 0 Å². The van der Waals surface area contributed by atoms with Crippen LogP contribution in [0.25, 0.3) is 0 Å². The lowest BCUT2D eigenvalue weighted by Crippen LogP contribution is -2.38. The maximum absolute atomic E-state index is 15.0. The zero-order chi connectivity index (χ0) is 21.0. The van der Waals surface area contributed by atoms with Gasteiger partial charge in [-0.05, 0) is 31.8 Å². The van der Waals surface area contributed by atoms with Crippen LogP contribution >= 0.6 is 0 Å². The molecular weight excluding hydrogens is 382 g/mol. The highest BCUT2D eigenvalue weighted by molar-refractivity contribution is 5.69. The van der Waals surface area contributed by atoms with Crippen molar-refractivity contribution in [1.29, 1.82) is 0 Å². The molecule has 1 heterocycles. The highest BCUT2D eigenvalue weighted by Crippen LogP contribution is 2.47. The highest BCUT2D eigenvalue weighted by Gasteiger charge is 2.53. The molecule has 0 aromatic carbocycles. The van der Waals surface area contributed by atoms with Gasteiger partial charge >= 0.3 is 5.97 Å². The quantitative estimate of drug-likeness (QED) is 0.379. The van der Waals surface area contributed by atoms with E-state index in [9.17, 15) is 19.4 Å². The van der Waals surface area contributed by atoms with Gasteiger partial charge in [0.15, 0.2) is 6.17 Å². The van der Waals surface area contributed by atoms with Crippen molar-refractivity contribution in [2.24, 2.45) is 11.8 Å². The van der Waals surface area contributed by atoms with Gasteiger partial charge in [0.25, 0.3) is 0 Å². The Kier molecular flexibility index (Phi) is 7.32. The Labute approximate surface area is 170 Å². The number of carbonyl (C=O) groups is 1. The number of aliphatic hydroxyl groups excluding tert-OH is 2. The summed E-state index contributed by atoms with van der Waals surface area (Å²) in [7, 11) is 1.33. The van der Waals surface area contributed by atoms with Crippen molar-refractivity contribution in [2.45, 2.75) is 87.9 Å². The molecule has 1 saturated heterocycles. The third-order valence-electron chi connectivity index (χ3n) is 6.58. The monoisotopic (exact) mass is 414 g/mol. The lowest BCUT2D eigenvalue weighted by atomic mass is 9.81. The van der Waals surface area contributed by atoms with E-state index < -0.39 is 42.0 Å². The Morgan fingerprint density at radius 3 is 2.79 bits per heavy atom. The lowest BCUT2D eigenvalue weighted by Gasteiger charge is -2.32. The van der Waals surface area contributed by atoms with E-state index in [0.717, 1.165) is 19.3 Å². The number of allylic oxidation sites excluding steroid dienone is 2. The number of ether oxygens (including phenoxy) is 2. The minimum absolute atomic E-state index is 0.241. The summed E-state index contributed by atoms with van der Waals surface area (Å²) >= 11 is 0. The van der Waals surface area contributed by atoms with Crippen molar-refractivity contribution in [3.05, 3.63) is 24.0 Å². The Bertz CT molecular complexity index is 629. The first-order chi connectivity index (χ1) is 13.9. The van der Waals surface area contributed by atoms with Crippen molar-refractivity contribution in [1.82, 2.24) is 0 Å². The standard InChI is InChI=1S/C22H32F2O5/c1-28-19(27)8-4-3-7-16-21(23)20-14(15(25)13-17(20)29-16)9-10-18(26)22(24)11-5-2-6-12-22/h7,9-10,14-15,17-18,20-21,25-26H,2-6,8,11-13H2,1H3. The Morgan fingerprint density at radius 2 is 2.10 bits per heavy atom. The van der Waals surface area contributed by atoms with Crippen molar-refractivity contribution >= 4 is 5.97 Å². The molecule has 2 N–H and O–H groups in total. The second-order valence-electron chi connectivity index (χ2n) is 8.52. The van der Waals surface area contributed by atoms with Crippen LogP contribution in [0.4, 0.5) is 8.78 Å². The summed E-state index contributed by atoms with van der Waals surface area (Å²) in [6.45, 7) is 0. The number of carbonyl (C=O) groups excluding carboxylic acids is 1. The van der Waals surface area contributed by atoms with E-state index in [4.69, 9.17) is 4.74 Å². The van der Waals surface area contributed by atoms with Crippen LogP contribution in [0.2, 0.25) is 0 Å². The number of esters is 1. The Balaban J connectivity index is 1.60. The number of hydrogen-bond acceptors (Lipinski definition) is 5. The van der Waals surface area contributed by atoms with Gasteiger partial charge in [0.1, 0.15) is 23.6 Å². The van der Waals surface area contributed by atoms with Gasteiger partial charge in [-0.1, -0.05) is 31.4 Å². The molecular formula is C22H32F2O5. The first-order valence-electron chi connectivity index (χ1n) is 10.7. The van der Waals surface area contributed by atoms with Crippen LogP contribution in [0.5, 0.6) is 0 Å². The molecule has 0 radical (unpaired) electrons. The minimum atomic E-state index is -1.64. The molecule has 1 aliphatic heterocycles. The number of rotatable bonds is 7. The fourth-order valence-corrected chi connectivity index (χ4v) is 4.85. The van der Waals surface area contributed by atoms with E-state index in [-0.39, 0.29) is 18.1 Å². The number of alkyl halides is 2. The van der Waals surface area contributed by atoms with Crippen LogP contribution in [0.1, 0.15) is 57.8 Å². The van der Waals surface area contributed by atoms with Gasteiger partial charge in [-0.3, -0.25) is 4.79 Å². The second kappa shape index (κ2) is 9.56. The molecule has 7 heteroatoms. The maximum Gasteiger partial charge on any atom is 0.305 e. The smallest absolute Gasteiger partial charge is 0.305 e. The largest absolute Gasteiger partial charge is 0.491 e. The topological polar surface area (TPSA) is 76.0 Å². The highest BCUT2D eigenvalue weighted by atomic mass is 19.1. The molecule has 2 saturated carbocycles. The number of fused-ring (bicyclic) bond motifs is 1. The molecule has 3 fully saturated rings. The SMILES string of the molecule is COC(=O)CCCC=C1OC2CC(O)C(C=CC(O)C3(F)CCCCC3)C2C1F. The van der Waals surface area contributed by atoms with Crippen molar-refractivity contribution in [3.63, 3.8) is 0 Å². The van der Waals surface area contributed by atoms with Crippen LogP contribution in [0.15, 0.2) is 24.0 Å². The van der Waals surface area contributed by atoms with Crippen LogP contribution in [-0.4, -0.2) is 53.4 Å². The Hall–Kier alpha value is -1.47. The summed E-state index contributed by atoms with van der Waals surface area (Å²) in [5.41, 5.74) is -1.64. The molecule has 5 nitrogen and oxygen atoms in total. The summed E-state index contributed by atoms with van der Waals surface area (Å²) in [5, 5.41) is 20.7. The first-order valence-corrected chi connectivity index (χ1v) is 10.7. The Morgan fingerprint density at radius 1 is 1.38 bits per heavy atom. The molecule has 2 aliphatic carbocycles. The molecule has 0 aromatic heterocycles. The number of unbranched alkanes of at least 4 members (excludes halogenated alkanes) is 1. The average Bonchev–Trinajstić information content (AvgIpc) is 3.18. The summed E-state index contributed by atoms with van der Waals surface area (Å²) < 4.78 is 40.2. The van der Waals surface area contributed by atoms with Crippen LogP contribution in [0.3, 0.4) is 0 Å². The van der Waals surface area contributed by atoms with E-state index in [0.29, 0.717) is 32.1 Å². The van der Waals surface area contributed by atoms with Crippen LogP contribution in [0, 0.1) is 11.8 Å². The third kappa shape index (κ3) is 5.00. The summed E-state index contributed by atoms with van der Waals surface area (Å²) in [4.78, 5) is 11.1. The van der Waals surface area contributed by atoms with E-state index >= 15 is 4.39 Å². The van der Waals surface area contributed by atoms with Gasteiger partial charge < -0.3 is 19.7 Å².